The van der Waals surface area contributed by atoms with Crippen LogP contribution in [0.15, 0.2) is 24.3 Å². The van der Waals surface area contributed by atoms with Crippen LogP contribution in [0.5, 0.6) is 0 Å². The molecule has 22 heavy (non-hydrogen) atoms. The highest BCUT2D eigenvalue weighted by molar-refractivity contribution is 7.99. The standard InChI is InChI=1S/C17H26N2O2S/c1-17(2,3)21-16(20)19-11-14-7-5-4-6-13(14)10-18-15-8-9-22-12-15/h4-7,15,18H,8-12H2,1-3H3,(H,19,20). The molecule has 1 atom stereocenters. The lowest BCUT2D eigenvalue weighted by Gasteiger charge is -2.20. The van der Waals surface area contributed by atoms with E-state index in [-0.39, 0.29) is 6.09 Å². The van der Waals surface area contributed by atoms with Gasteiger partial charge in [-0.2, -0.15) is 11.8 Å². The van der Waals surface area contributed by atoms with Crippen LogP contribution in [0, 0.1) is 0 Å². The van der Waals surface area contributed by atoms with Gasteiger partial charge in [0.25, 0.3) is 0 Å². The van der Waals surface area contributed by atoms with Gasteiger partial charge in [0.05, 0.1) is 0 Å². The van der Waals surface area contributed by atoms with Crippen molar-refractivity contribution in [3.8, 4) is 0 Å². The van der Waals surface area contributed by atoms with Crippen LogP contribution in [0.4, 0.5) is 4.79 Å². The fourth-order valence-corrected chi connectivity index (χ4v) is 3.52. The predicted molar refractivity (Wildman–Crippen MR) is 92.1 cm³/mol. The van der Waals surface area contributed by atoms with Crippen LogP contribution in [0.25, 0.3) is 0 Å². The quantitative estimate of drug-likeness (QED) is 0.873. The number of hydrogen-bond acceptors (Lipinski definition) is 4. The minimum Gasteiger partial charge on any atom is -0.444 e. The maximum atomic E-state index is 11.8. The van der Waals surface area contributed by atoms with Crippen LogP contribution < -0.4 is 10.6 Å². The Morgan fingerprint density at radius 2 is 1.95 bits per heavy atom. The molecule has 1 unspecified atom stereocenters. The molecule has 122 valence electrons. The summed E-state index contributed by atoms with van der Waals surface area (Å²) in [6.07, 6.45) is 0.866. The van der Waals surface area contributed by atoms with Crippen LogP contribution in [0.3, 0.4) is 0 Å². The van der Waals surface area contributed by atoms with E-state index >= 15 is 0 Å². The van der Waals surface area contributed by atoms with Crippen LogP contribution >= 0.6 is 11.8 Å². The molecule has 2 rings (SSSR count). The first kappa shape index (κ1) is 17.2. The molecular weight excluding hydrogens is 296 g/mol. The van der Waals surface area contributed by atoms with Gasteiger partial charge in [-0.3, -0.25) is 0 Å². The molecule has 0 aliphatic carbocycles. The smallest absolute Gasteiger partial charge is 0.407 e. The molecule has 2 N–H and O–H groups in total. The molecule has 1 aliphatic heterocycles. The second kappa shape index (κ2) is 7.88. The van der Waals surface area contributed by atoms with E-state index < -0.39 is 5.60 Å². The summed E-state index contributed by atoms with van der Waals surface area (Å²) < 4.78 is 5.27. The van der Waals surface area contributed by atoms with E-state index in [0.29, 0.717) is 12.6 Å². The maximum Gasteiger partial charge on any atom is 0.407 e. The number of benzene rings is 1. The van der Waals surface area contributed by atoms with Crippen molar-refractivity contribution in [1.29, 1.82) is 0 Å². The van der Waals surface area contributed by atoms with Gasteiger partial charge in [-0.05, 0) is 44.1 Å². The number of amides is 1. The third kappa shape index (κ3) is 5.89. The number of rotatable bonds is 5. The number of alkyl carbamates (subject to hydrolysis) is 1. The van der Waals surface area contributed by atoms with E-state index in [1.165, 1.54) is 23.5 Å². The molecule has 0 saturated carbocycles. The molecular formula is C17H26N2O2S. The summed E-state index contributed by atoms with van der Waals surface area (Å²) >= 11 is 2.00. The van der Waals surface area contributed by atoms with Crippen molar-refractivity contribution in [1.82, 2.24) is 10.6 Å². The van der Waals surface area contributed by atoms with Gasteiger partial charge < -0.3 is 15.4 Å². The first-order chi connectivity index (χ1) is 10.4. The van der Waals surface area contributed by atoms with Gasteiger partial charge in [-0.1, -0.05) is 24.3 Å². The lowest BCUT2D eigenvalue weighted by Crippen LogP contribution is -2.33. The molecule has 1 fully saturated rings. The van der Waals surface area contributed by atoms with Gasteiger partial charge in [0.2, 0.25) is 0 Å². The van der Waals surface area contributed by atoms with Crippen molar-refractivity contribution >= 4 is 17.9 Å². The summed E-state index contributed by atoms with van der Waals surface area (Å²) in [5.41, 5.74) is 1.90. The van der Waals surface area contributed by atoms with Gasteiger partial charge in [-0.15, -0.1) is 0 Å². The first-order valence-electron chi connectivity index (χ1n) is 7.79. The van der Waals surface area contributed by atoms with Crippen LogP contribution in [0.2, 0.25) is 0 Å². The Morgan fingerprint density at radius 3 is 2.55 bits per heavy atom. The number of thioether (sulfide) groups is 1. The lowest BCUT2D eigenvalue weighted by molar-refractivity contribution is 0.0523. The molecule has 0 aromatic heterocycles. The van der Waals surface area contributed by atoms with Crippen LogP contribution in [0.1, 0.15) is 38.3 Å². The summed E-state index contributed by atoms with van der Waals surface area (Å²) in [7, 11) is 0. The number of hydrogen-bond donors (Lipinski definition) is 2. The molecule has 4 nitrogen and oxygen atoms in total. The third-order valence-corrected chi connectivity index (χ3v) is 4.61. The van der Waals surface area contributed by atoms with Gasteiger partial charge >= 0.3 is 6.09 Å². The monoisotopic (exact) mass is 322 g/mol. The van der Waals surface area contributed by atoms with Gasteiger partial charge in [0, 0.05) is 24.9 Å². The second-order valence-corrected chi connectivity index (χ2v) is 7.72. The molecule has 1 aromatic carbocycles. The van der Waals surface area contributed by atoms with Crippen molar-refractivity contribution in [3.05, 3.63) is 35.4 Å². The topological polar surface area (TPSA) is 50.4 Å². The number of ether oxygens (including phenoxy) is 1. The number of carbonyl (C=O) groups is 1. The molecule has 0 spiro atoms. The summed E-state index contributed by atoms with van der Waals surface area (Å²) in [5, 5.41) is 6.43. The fraction of sp³-hybridized carbons (Fsp3) is 0.588. The zero-order valence-corrected chi connectivity index (χ0v) is 14.5. The average Bonchev–Trinajstić information content (AvgIpc) is 2.95. The number of carbonyl (C=O) groups excluding carboxylic acids is 1. The lowest BCUT2D eigenvalue weighted by atomic mass is 10.1. The molecule has 1 aliphatic rings. The van der Waals surface area contributed by atoms with E-state index in [4.69, 9.17) is 4.74 Å². The van der Waals surface area contributed by atoms with Crippen LogP contribution in [-0.4, -0.2) is 29.2 Å². The maximum absolute atomic E-state index is 11.8. The summed E-state index contributed by atoms with van der Waals surface area (Å²) in [6, 6.07) is 8.81. The molecule has 5 heteroatoms. The summed E-state index contributed by atoms with van der Waals surface area (Å²) in [5.74, 6) is 2.44. The third-order valence-electron chi connectivity index (χ3n) is 3.45. The largest absolute Gasteiger partial charge is 0.444 e. The highest BCUT2D eigenvalue weighted by Crippen LogP contribution is 2.18. The zero-order chi connectivity index (χ0) is 16.0. The van der Waals surface area contributed by atoms with Crippen molar-refractivity contribution in [3.63, 3.8) is 0 Å². The fourth-order valence-electron chi connectivity index (χ4n) is 2.33. The molecule has 1 saturated heterocycles. The zero-order valence-electron chi connectivity index (χ0n) is 13.6. The minimum atomic E-state index is -0.467. The Balaban J connectivity index is 1.86. The Hall–Kier alpha value is -1.20. The van der Waals surface area contributed by atoms with E-state index in [0.717, 1.165) is 12.1 Å². The normalized spacial score (nSPS) is 18.2. The average molecular weight is 322 g/mol. The highest BCUT2D eigenvalue weighted by atomic mass is 32.2. The Kier molecular flexibility index (Phi) is 6.15. The molecule has 0 bridgehead atoms. The van der Waals surface area contributed by atoms with Gasteiger partial charge in [0.15, 0.2) is 0 Å². The van der Waals surface area contributed by atoms with Gasteiger partial charge in [-0.25, -0.2) is 4.79 Å². The predicted octanol–water partition coefficient (Wildman–Crippen LogP) is 3.31. The molecule has 1 heterocycles. The van der Waals surface area contributed by atoms with E-state index in [2.05, 4.69) is 22.8 Å². The van der Waals surface area contributed by atoms with Crippen molar-refractivity contribution < 1.29 is 9.53 Å². The highest BCUT2D eigenvalue weighted by Gasteiger charge is 2.17. The Morgan fingerprint density at radius 1 is 1.27 bits per heavy atom. The van der Waals surface area contributed by atoms with Crippen molar-refractivity contribution in [2.45, 2.75) is 51.9 Å². The molecule has 1 amide bonds. The van der Waals surface area contributed by atoms with E-state index in [1.807, 2.05) is 44.7 Å². The van der Waals surface area contributed by atoms with Crippen molar-refractivity contribution in [2.75, 3.05) is 11.5 Å². The van der Waals surface area contributed by atoms with Gasteiger partial charge in [0.1, 0.15) is 5.60 Å². The van der Waals surface area contributed by atoms with Crippen LogP contribution in [-0.2, 0) is 17.8 Å². The Bertz CT molecular complexity index is 494. The molecule has 1 aromatic rings. The van der Waals surface area contributed by atoms with Crippen molar-refractivity contribution in [2.24, 2.45) is 0 Å². The van der Waals surface area contributed by atoms with E-state index in [1.54, 1.807) is 0 Å². The number of nitrogens with one attached hydrogen (secondary N) is 2. The Labute approximate surface area is 137 Å². The SMILES string of the molecule is CC(C)(C)OC(=O)NCc1ccccc1CNC1CCSC1. The minimum absolute atomic E-state index is 0.373. The summed E-state index contributed by atoms with van der Waals surface area (Å²) in [6.45, 7) is 6.93. The summed E-state index contributed by atoms with van der Waals surface area (Å²) in [4.78, 5) is 11.8. The van der Waals surface area contributed by atoms with E-state index in [9.17, 15) is 4.79 Å². The second-order valence-electron chi connectivity index (χ2n) is 6.57. The molecule has 0 radical (unpaired) electrons. The first-order valence-corrected chi connectivity index (χ1v) is 8.94.